The van der Waals surface area contributed by atoms with Gasteiger partial charge in [0, 0.05) is 37.9 Å². The predicted molar refractivity (Wildman–Crippen MR) is 84.5 cm³/mol. The number of hydrogen-bond donors (Lipinski definition) is 1. The quantitative estimate of drug-likeness (QED) is 0.891. The minimum atomic E-state index is 0.558. The molecule has 0 spiro atoms. The van der Waals surface area contributed by atoms with E-state index in [1.165, 1.54) is 5.69 Å². The molecular formula is C16H27N3O. The third-order valence-corrected chi connectivity index (χ3v) is 4.52. The molecule has 0 saturated carbocycles. The number of methoxy groups -OCH3 is 1. The molecule has 1 aliphatic heterocycles. The monoisotopic (exact) mass is 277 g/mol. The van der Waals surface area contributed by atoms with E-state index in [4.69, 9.17) is 10.5 Å². The van der Waals surface area contributed by atoms with E-state index in [1.54, 1.807) is 7.11 Å². The van der Waals surface area contributed by atoms with Crippen molar-refractivity contribution in [3.05, 3.63) is 24.3 Å². The third-order valence-electron chi connectivity index (χ3n) is 4.52. The summed E-state index contributed by atoms with van der Waals surface area (Å²) in [6.07, 6.45) is 0. The molecule has 2 unspecified atom stereocenters. The molecule has 1 aromatic rings. The Morgan fingerprint density at radius 1 is 1.10 bits per heavy atom. The van der Waals surface area contributed by atoms with Crippen LogP contribution in [-0.2, 0) is 0 Å². The van der Waals surface area contributed by atoms with Gasteiger partial charge in [0.05, 0.1) is 7.11 Å². The van der Waals surface area contributed by atoms with Crippen LogP contribution in [0.3, 0.4) is 0 Å². The standard InChI is InChI=1S/C16H27N3O/c1-13(12-17)14(2)18-8-10-19(11-9-18)15-4-6-16(20-3)7-5-15/h4-7,13-14H,8-12,17H2,1-3H3. The van der Waals surface area contributed by atoms with Gasteiger partial charge in [0.15, 0.2) is 0 Å². The molecule has 2 N–H and O–H groups in total. The Kier molecular flexibility index (Phi) is 5.26. The van der Waals surface area contributed by atoms with Crippen LogP contribution < -0.4 is 15.4 Å². The van der Waals surface area contributed by atoms with Crippen LogP contribution in [0.15, 0.2) is 24.3 Å². The number of ether oxygens (including phenoxy) is 1. The zero-order valence-corrected chi connectivity index (χ0v) is 12.9. The van der Waals surface area contributed by atoms with E-state index in [-0.39, 0.29) is 0 Å². The molecule has 4 heteroatoms. The molecule has 0 aliphatic carbocycles. The molecule has 112 valence electrons. The van der Waals surface area contributed by atoms with Crippen molar-refractivity contribution < 1.29 is 4.74 Å². The first kappa shape index (κ1) is 15.1. The minimum absolute atomic E-state index is 0.558. The first-order valence-electron chi connectivity index (χ1n) is 7.48. The van der Waals surface area contributed by atoms with E-state index >= 15 is 0 Å². The lowest BCUT2D eigenvalue weighted by molar-refractivity contribution is 0.155. The van der Waals surface area contributed by atoms with Crippen LogP contribution in [0.2, 0.25) is 0 Å². The smallest absolute Gasteiger partial charge is 0.119 e. The summed E-state index contributed by atoms with van der Waals surface area (Å²) in [6, 6.07) is 8.90. The molecule has 0 radical (unpaired) electrons. The topological polar surface area (TPSA) is 41.7 Å². The molecule has 1 fully saturated rings. The lowest BCUT2D eigenvalue weighted by Gasteiger charge is -2.40. The number of piperazine rings is 1. The van der Waals surface area contributed by atoms with Crippen molar-refractivity contribution in [3.63, 3.8) is 0 Å². The molecule has 2 atom stereocenters. The summed E-state index contributed by atoms with van der Waals surface area (Å²) in [6.45, 7) is 9.66. The second kappa shape index (κ2) is 6.95. The van der Waals surface area contributed by atoms with Gasteiger partial charge >= 0.3 is 0 Å². The molecule has 0 aromatic heterocycles. The van der Waals surface area contributed by atoms with Crippen LogP contribution in [0.4, 0.5) is 5.69 Å². The summed E-state index contributed by atoms with van der Waals surface area (Å²) in [5, 5.41) is 0. The molecule has 0 bridgehead atoms. The van der Waals surface area contributed by atoms with Gasteiger partial charge in [-0.15, -0.1) is 0 Å². The zero-order chi connectivity index (χ0) is 14.5. The van der Waals surface area contributed by atoms with E-state index < -0.39 is 0 Å². The average Bonchev–Trinajstić information content (AvgIpc) is 2.53. The number of nitrogens with two attached hydrogens (primary N) is 1. The highest BCUT2D eigenvalue weighted by Crippen LogP contribution is 2.21. The maximum Gasteiger partial charge on any atom is 0.119 e. The van der Waals surface area contributed by atoms with Gasteiger partial charge in [0.1, 0.15) is 5.75 Å². The van der Waals surface area contributed by atoms with Crippen molar-refractivity contribution in [1.29, 1.82) is 0 Å². The van der Waals surface area contributed by atoms with Gasteiger partial charge < -0.3 is 15.4 Å². The molecule has 20 heavy (non-hydrogen) atoms. The number of rotatable bonds is 5. The van der Waals surface area contributed by atoms with Gasteiger partial charge in [0.2, 0.25) is 0 Å². The van der Waals surface area contributed by atoms with E-state index in [0.29, 0.717) is 12.0 Å². The maximum atomic E-state index is 5.78. The Morgan fingerprint density at radius 2 is 1.70 bits per heavy atom. The fourth-order valence-electron chi connectivity index (χ4n) is 2.74. The highest BCUT2D eigenvalue weighted by molar-refractivity contribution is 5.49. The average molecular weight is 277 g/mol. The van der Waals surface area contributed by atoms with Gasteiger partial charge in [-0.05, 0) is 43.7 Å². The Bertz CT molecular complexity index is 399. The number of nitrogens with zero attached hydrogens (tertiary/aromatic N) is 2. The summed E-state index contributed by atoms with van der Waals surface area (Å²) in [7, 11) is 1.70. The van der Waals surface area contributed by atoms with Crippen LogP contribution in [0.1, 0.15) is 13.8 Å². The molecule has 0 amide bonds. The molecule has 4 nitrogen and oxygen atoms in total. The van der Waals surface area contributed by atoms with Crippen molar-refractivity contribution >= 4 is 5.69 Å². The van der Waals surface area contributed by atoms with Crippen molar-refractivity contribution in [3.8, 4) is 5.75 Å². The van der Waals surface area contributed by atoms with Gasteiger partial charge in [-0.3, -0.25) is 4.90 Å². The second-order valence-corrected chi connectivity index (χ2v) is 5.67. The highest BCUT2D eigenvalue weighted by Gasteiger charge is 2.23. The van der Waals surface area contributed by atoms with E-state index in [0.717, 1.165) is 38.5 Å². The van der Waals surface area contributed by atoms with Gasteiger partial charge in [-0.25, -0.2) is 0 Å². The third kappa shape index (κ3) is 3.44. The largest absolute Gasteiger partial charge is 0.497 e. The van der Waals surface area contributed by atoms with Crippen molar-refractivity contribution in [2.75, 3.05) is 44.7 Å². The van der Waals surface area contributed by atoms with Gasteiger partial charge in [-0.2, -0.15) is 0 Å². The molecule has 2 rings (SSSR count). The maximum absolute atomic E-state index is 5.78. The Labute approximate surface area is 122 Å². The van der Waals surface area contributed by atoms with E-state index in [9.17, 15) is 0 Å². The van der Waals surface area contributed by atoms with Crippen LogP contribution in [0.5, 0.6) is 5.75 Å². The first-order chi connectivity index (χ1) is 9.65. The molecule has 1 aromatic carbocycles. The van der Waals surface area contributed by atoms with Crippen LogP contribution >= 0.6 is 0 Å². The van der Waals surface area contributed by atoms with E-state index in [1.807, 2.05) is 12.1 Å². The summed E-state index contributed by atoms with van der Waals surface area (Å²) >= 11 is 0. The molecule has 1 aliphatic rings. The number of benzene rings is 1. The number of hydrogen-bond acceptors (Lipinski definition) is 4. The second-order valence-electron chi connectivity index (χ2n) is 5.67. The molecule has 1 saturated heterocycles. The molecular weight excluding hydrogens is 250 g/mol. The van der Waals surface area contributed by atoms with E-state index in [2.05, 4.69) is 35.8 Å². The van der Waals surface area contributed by atoms with Crippen LogP contribution in [0.25, 0.3) is 0 Å². The highest BCUT2D eigenvalue weighted by atomic mass is 16.5. The lowest BCUT2D eigenvalue weighted by Crippen LogP contribution is -2.52. The zero-order valence-electron chi connectivity index (χ0n) is 12.9. The van der Waals surface area contributed by atoms with Gasteiger partial charge in [-0.1, -0.05) is 6.92 Å². The van der Waals surface area contributed by atoms with Crippen LogP contribution in [-0.4, -0.2) is 50.8 Å². The normalized spacial score (nSPS) is 19.7. The lowest BCUT2D eigenvalue weighted by atomic mass is 10.0. The summed E-state index contributed by atoms with van der Waals surface area (Å²) in [5.41, 5.74) is 7.06. The summed E-state index contributed by atoms with van der Waals surface area (Å²) in [4.78, 5) is 4.99. The SMILES string of the molecule is COc1ccc(N2CCN(C(C)C(C)CN)CC2)cc1. The minimum Gasteiger partial charge on any atom is -0.497 e. The Balaban J connectivity index is 1.90. The summed E-state index contributed by atoms with van der Waals surface area (Å²) in [5.74, 6) is 1.47. The predicted octanol–water partition coefficient (Wildman–Crippen LogP) is 1.80. The van der Waals surface area contributed by atoms with Gasteiger partial charge in [0.25, 0.3) is 0 Å². The van der Waals surface area contributed by atoms with Crippen LogP contribution in [0, 0.1) is 5.92 Å². The fourth-order valence-corrected chi connectivity index (χ4v) is 2.74. The summed E-state index contributed by atoms with van der Waals surface area (Å²) < 4.78 is 5.21. The van der Waals surface area contributed by atoms with Crippen molar-refractivity contribution in [2.24, 2.45) is 11.7 Å². The Hall–Kier alpha value is -1.26. The number of anilines is 1. The fraction of sp³-hybridized carbons (Fsp3) is 0.625. The first-order valence-corrected chi connectivity index (χ1v) is 7.48. The molecule has 1 heterocycles. The van der Waals surface area contributed by atoms with Crippen molar-refractivity contribution in [1.82, 2.24) is 4.90 Å². The van der Waals surface area contributed by atoms with Crippen molar-refractivity contribution in [2.45, 2.75) is 19.9 Å². The Morgan fingerprint density at radius 3 is 2.20 bits per heavy atom.